The van der Waals surface area contributed by atoms with Crippen molar-refractivity contribution in [2.24, 2.45) is 5.10 Å². The molecule has 3 rings (SSSR count). The van der Waals surface area contributed by atoms with Crippen LogP contribution in [0, 0.1) is 0 Å². The van der Waals surface area contributed by atoms with Crippen molar-refractivity contribution in [2.75, 3.05) is 0 Å². The molecule has 5 nitrogen and oxygen atoms in total. The van der Waals surface area contributed by atoms with Gasteiger partial charge >= 0.3 is 5.91 Å². The second kappa shape index (κ2) is 6.55. The molecule has 0 aliphatic carbocycles. The van der Waals surface area contributed by atoms with Crippen molar-refractivity contribution in [3.8, 4) is 5.75 Å². The Morgan fingerprint density at radius 2 is 2.00 bits per heavy atom. The minimum atomic E-state index is -0.493. The molecule has 0 fully saturated rings. The maximum Gasteiger partial charge on any atom is 0.307 e. The molecule has 1 heterocycles. The molecule has 0 atom stereocenters. The third-order valence-electron chi connectivity index (χ3n) is 3.18. The number of amides is 1. The second-order valence-electron chi connectivity index (χ2n) is 4.65. The van der Waals surface area contributed by atoms with Gasteiger partial charge in [0.2, 0.25) is 0 Å². The smallest absolute Gasteiger partial charge is 0.307 e. The van der Waals surface area contributed by atoms with Crippen molar-refractivity contribution in [3.05, 3.63) is 62.9 Å². The van der Waals surface area contributed by atoms with Gasteiger partial charge in [0, 0.05) is 11.6 Å². The Kier molecular flexibility index (Phi) is 4.49. The third-order valence-corrected chi connectivity index (χ3v) is 4.89. The van der Waals surface area contributed by atoms with Gasteiger partial charge in [-0.2, -0.15) is 5.10 Å². The molecule has 0 aliphatic rings. The Hall–Kier alpha value is -2.12. The Labute approximate surface area is 148 Å². The number of phenolic OH excluding ortho intramolecular Hbond substituents is 1. The lowest BCUT2D eigenvalue weighted by Gasteiger charge is -2.04. The molecule has 116 valence electrons. The van der Waals surface area contributed by atoms with E-state index in [2.05, 4.69) is 42.4 Å². The number of nitrogens with one attached hydrogen (secondary N) is 1. The molecule has 0 bridgehead atoms. The summed E-state index contributed by atoms with van der Waals surface area (Å²) in [5.41, 5.74) is 2.90. The molecule has 2 N–H and O–H groups in total. The standard InChI is InChI=1S/C16H10Br2N2O3/c17-12-7-14(23-15(12)18)16(22)20-19-8-11-10-4-2-1-3-9(10)5-6-13(11)21/h1-8,21H,(H,20,22). The molecule has 0 radical (unpaired) electrons. The number of carbonyl (C=O) groups excluding carboxylic acids is 1. The van der Waals surface area contributed by atoms with E-state index in [4.69, 9.17) is 4.42 Å². The quantitative estimate of drug-likeness (QED) is 0.470. The monoisotopic (exact) mass is 436 g/mol. The van der Waals surface area contributed by atoms with E-state index in [0.717, 1.165) is 10.8 Å². The van der Waals surface area contributed by atoms with Crippen molar-refractivity contribution >= 4 is 54.8 Å². The summed E-state index contributed by atoms with van der Waals surface area (Å²) in [4.78, 5) is 11.9. The average molecular weight is 438 g/mol. The van der Waals surface area contributed by atoms with Crippen molar-refractivity contribution in [3.63, 3.8) is 0 Å². The summed E-state index contributed by atoms with van der Waals surface area (Å²) in [6.07, 6.45) is 1.41. The lowest BCUT2D eigenvalue weighted by atomic mass is 10.0. The molecule has 0 aliphatic heterocycles. The highest BCUT2D eigenvalue weighted by molar-refractivity contribution is 9.13. The van der Waals surface area contributed by atoms with Gasteiger partial charge in [0.05, 0.1) is 10.7 Å². The topological polar surface area (TPSA) is 74.8 Å². The van der Waals surface area contributed by atoms with Gasteiger partial charge in [0.25, 0.3) is 0 Å². The summed E-state index contributed by atoms with van der Waals surface area (Å²) in [5.74, 6) is -0.291. The molecule has 1 amide bonds. The van der Waals surface area contributed by atoms with E-state index < -0.39 is 5.91 Å². The van der Waals surface area contributed by atoms with Gasteiger partial charge in [-0.15, -0.1) is 0 Å². The number of rotatable bonds is 3. The van der Waals surface area contributed by atoms with Crippen LogP contribution >= 0.6 is 31.9 Å². The van der Waals surface area contributed by atoms with E-state index in [1.54, 1.807) is 6.07 Å². The number of phenols is 1. The van der Waals surface area contributed by atoms with Crippen LogP contribution in [0.2, 0.25) is 0 Å². The SMILES string of the molecule is O=C(NN=Cc1c(O)ccc2ccccc12)c1cc(Br)c(Br)o1. The second-order valence-corrected chi connectivity index (χ2v) is 6.23. The van der Waals surface area contributed by atoms with E-state index in [9.17, 15) is 9.90 Å². The summed E-state index contributed by atoms with van der Waals surface area (Å²) in [5, 5.41) is 15.7. The highest BCUT2D eigenvalue weighted by atomic mass is 79.9. The lowest BCUT2D eigenvalue weighted by Crippen LogP contribution is -2.16. The van der Waals surface area contributed by atoms with Crippen LogP contribution in [0.4, 0.5) is 0 Å². The molecule has 0 saturated heterocycles. The molecule has 1 aromatic heterocycles. The van der Waals surface area contributed by atoms with Crippen LogP contribution in [0.5, 0.6) is 5.75 Å². The third kappa shape index (κ3) is 3.30. The first-order valence-corrected chi connectivity index (χ1v) is 8.14. The average Bonchev–Trinajstić information content (AvgIpc) is 2.89. The number of nitrogens with zero attached hydrogens (tertiary/aromatic N) is 1. The number of carbonyl (C=O) groups is 1. The maximum absolute atomic E-state index is 11.9. The molecule has 7 heteroatoms. The minimum absolute atomic E-state index is 0.0881. The van der Waals surface area contributed by atoms with E-state index in [-0.39, 0.29) is 11.5 Å². The van der Waals surface area contributed by atoms with E-state index in [1.165, 1.54) is 12.3 Å². The highest BCUT2D eigenvalue weighted by Crippen LogP contribution is 2.27. The molecular formula is C16H10Br2N2O3. The Morgan fingerprint density at radius 1 is 1.22 bits per heavy atom. The lowest BCUT2D eigenvalue weighted by molar-refractivity contribution is 0.0926. The molecule has 3 aromatic rings. The first-order chi connectivity index (χ1) is 11.1. The van der Waals surface area contributed by atoms with Crippen LogP contribution < -0.4 is 5.43 Å². The number of furan rings is 1. The van der Waals surface area contributed by atoms with Gasteiger partial charge in [0.15, 0.2) is 10.4 Å². The molecule has 2 aromatic carbocycles. The number of hydrazone groups is 1. The Bertz CT molecular complexity index is 899. The Morgan fingerprint density at radius 3 is 2.74 bits per heavy atom. The van der Waals surface area contributed by atoms with Crippen LogP contribution in [-0.2, 0) is 0 Å². The number of hydrogen-bond acceptors (Lipinski definition) is 4. The fourth-order valence-corrected chi connectivity index (χ4v) is 2.67. The van der Waals surface area contributed by atoms with Gasteiger partial charge in [-0.3, -0.25) is 4.79 Å². The fourth-order valence-electron chi connectivity index (χ4n) is 2.09. The normalized spacial score (nSPS) is 11.2. The first kappa shape index (κ1) is 15.8. The number of hydrogen-bond donors (Lipinski definition) is 2. The van der Waals surface area contributed by atoms with E-state index in [1.807, 2.05) is 30.3 Å². The van der Waals surface area contributed by atoms with Gasteiger partial charge in [-0.1, -0.05) is 30.3 Å². The summed E-state index contributed by atoms with van der Waals surface area (Å²) in [7, 11) is 0. The summed E-state index contributed by atoms with van der Waals surface area (Å²) < 4.78 is 6.27. The van der Waals surface area contributed by atoms with E-state index in [0.29, 0.717) is 14.7 Å². The molecule has 0 unspecified atom stereocenters. The number of benzene rings is 2. The predicted octanol–water partition coefficient (Wildman–Crippen LogP) is 4.43. The van der Waals surface area contributed by atoms with E-state index >= 15 is 0 Å². The Balaban J connectivity index is 1.83. The fraction of sp³-hybridized carbons (Fsp3) is 0. The van der Waals surface area contributed by atoms with Crippen LogP contribution in [0.3, 0.4) is 0 Å². The van der Waals surface area contributed by atoms with Crippen LogP contribution in [0.25, 0.3) is 10.8 Å². The van der Waals surface area contributed by atoms with Crippen molar-refractivity contribution in [2.45, 2.75) is 0 Å². The molecule has 0 saturated carbocycles. The zero-order valence-corrected chi connectivity index (χ0v) is 14.8. The van der Waals surface area contributed by atoms with Crippen molar-refractivity contribution < 1.29 is 14.3 Å². The number of halogens is 2. The number of aromatic hydroxyl groups is 1. The van der Waals surface area contributed by atoms with Crippen molar-refractivity contribution in [1.29, 1.82) is 0 Å². The maximum atomic E-state index is 11.9. The van der Waals surface area contributed by atoms with Crippen LogP contribution in [0.15, 0.2) is 61.1 Å². The molecular weight excluding hydrogens is 428 g/mol. The largest absolute Gasteiger partial charge is 0.507 e. The van der Waals surface area contributed by atoms with Gasteiger partial charge < -0.3 is 9.52 Å². The van der Waals surface area contributed by atoms with Crippen molar-refractivity contribution in [1.82, 2.24) is 5.43 Å². The van der Waals surface area contributed by atoms with Gasteiger partial charge in [-0.25, -0.2) is 5.43 Å². The first-order valence-electron chi connectivity index (χ1n) is 6.55. The highest BCUT2D eigenvalue weighted by Gasteiger charge is 2.13. The van der Waals surface area contributed by atoms with Crippen LogP contribution in [-0.4, -0.2) is 17.2 Å². The minimum Gasteiger partial charge on any atom is -0.507 e. The zero-order valence-electron chi connectivity index (χ0n) is 11.6. The predicted molar refractivity (Wildman–Crippen MR) is 94.8 cm³/mol. The van der Waals surface area contributed by atoms with Crippen LogP contribution in [0.1, 0.15) is 16.1 Å². The molecule has 0 spiro atoms. The van der Waals surface area contributed by atoms with Gasteiger partial charge in [0.1, 0.15) is 5.75 Å². The van der Waals surface area contributed by atoms with Gasteiger partial charge in [-0.05, 0) is 48.7 Å². The summed E-state index contributed by atoms with van der Waals surface area (Å²) in [6, 6.07) is 12.5. The summed E-state index contributed by atoms with van der Waals surface area (Å²) in [6.45, 7) is 0. The summed E-state index contributed by atoms with van der Waals surface area (Å²) >= 11 is 6.39. The molecule has 23 heavy (non-hydrogen) atoms. The number of fused-ring (bicyclic) bond motifs is 1. The zero-order chi connectivity index (χ0) is 16.4.